The number of rotatable bonds is 11. The molecule has 8 atom stereocenters. The maximum atomic E-state index is 14.3. The van der Waals surface area contributed by atoms with Crippen molar-refractivity contribution < 1.29 is 9.90 Å². The summed E-state index contributed by atoms with van der Waals surface area (Å²) in [7, 11) is 0. The molecule has 4 saturated carbocycles. The second-order valence-corrected chi connectivity index (χ2v) is 18.6. The van der Waals surface area contributed by atoms with E-state index in [1.807, 2.05) is 0 Å². The first kappa shape index (κ1) is 34.5. The molecule has 4 fully saturated rings. The van der Waals surface area contributed by atoms with E-state index < -0.39 is 0 Å². The Kier molecular flexibility index (Phi) is 9.89. The summed E-state index contributed by atoms with van der Waals surface area (Å²) >= 11 is 0. The van der Waals surface area contributed by atoms with E-state index >= 15 is 0 Å². The van der Waals surface area contributed by atoms with Crippen molar-refractivity contribution in [2.24, 2.45) is 56.0 Å². The normalized spacial score (nSPS) is 42.2. The first-order chi connectivity index (χ1) is 20.7. The number of allylic oxidation sites excluding steroid dienone is 2. The molecule has 0 bridgehead atoms. The smallest absolute Gasteiger partial charge is 0.226 e. The van der Waals surface area contributed by atoms with Gasteiger partial charge in [0.15, 0.2) is 0 Å². The van der Waals surface area contributed by atoms with Crippen LogP contribution < -0.4 is 11.1 Å². The van der Waals surface area contributed by atoms with E-state index in [9.17, 15) is 9.90 Å². The molecule has 44 heavy (non-hydrogen) atoms. The van der Waals surface area contributed by atoms with Gasteiger partial charge in [-0.15, -0.1) is 0 Å². The molecule has 252 valence electrons. The summed E-state index contributed by atoms with van der Waals surface area (Å²) < 4.78 is 0. The average Bonchev–Trinajstić information content (AvgIpc) is 2.96. The van der Waals surface area contributed by atoms with Gasteiger partial charge in [-0.1, -0.05) is 98.6 Å². The SMILES string of the molecule is CC1(C)CC[C@]2(C(=O)NCCCCCCCCCCN)CC[C@]3(C)C(=CC[C@@H]4[C@@]5(C)CC[C@H](O)C(C)(C)[C@@H]5CC[C@]43C)[C@@H]2C1. The van der Waals surface area contributed by atoms with Gasteiger partial charge in [-0.05, 0) is 128 Å². The van der Waals surface area contributed by atoms with Crippen molar-refractivity contribution in [2.45, 2.75) is 170 Å². The van der Waals surface area contributed by atoms with Crippen LogP contribution in [0.1, 0.15) is 164 Å². The van der Waals surface area contributed by atoms with E-state index in [1.54, 1.807) is 5.57 Å². The predicted molar refractivity (Wildman–Crippen MR) is 184 cm³/mol. The predicted octanol–water partition coefficient (Wildman–Crippen LogP) is 9.34. The molecule has 0 aromatic heterocycles. The number of fused-ring (bicyclic) bond motifs is 7. The van der Waals surface area contributed by atoms with Crippen molar-refractivity contribution in [2.75, 3.05) is 13.1 Å². The van der Waals surface area contributed by atoms with Gasteiger partial charge in [0.05, 0.1) is 11.5 Å². The highest BCUT2D eigenvalue weighted by atomic mass is 16.3. The lowest BCUT2D eigenvalue weighted by Gasteiger charge is -2.71. The molecule has 0 aliphatic heterocycles. The monoisotopic (exact) mass is 611 g/mol. The molecule has 4 nitrogen and oxygen atoms in total. The second-order valence-electron chi connectivity index (χ2n) is 18.6. The number of carbonyl (C=O) groups is 1. The minimum absolute atomic E-state index is 0.0170. The summed E-state index contributed by atoms with van der Waals surface area (Å²) in [6.07, 6.45) is 23.7. The molecular formula is C40H70N2O2. The zero-order valence-electron chi connectivity index (χ0n) is 30.0. The highest BCUT2D eigenvalue weighted by molar-refractivity contribution is 5.84. The fourth-order valence-corrected chi connectivity index (χ4v) is 12.3. The minimum Gasteiger partial charge on any atom is -0.393 e. The molecule has 0 saturated heterocycles. The maximum Gasteiger partial charge on any atom is 0.226 e. The lowest BCUT2D eigenvalue weighted by atomic mass is 9.33. The number of unbranched alkanes of at least 4 members (excludes halogenated alkanes) is 7. The Balaban J connectivity index is 1.32. The Morgan fingerprint density at radius 3 is 2.14 bits per heavy atom. The zero-order chi connectivity index (χ0) is 32.0. The quantitative estimate of drug-likeness (QED) is 0.161. The molecule has 0 radical (unpaired) electrons. The third kappa shape index (κ3) is 5.67. The van der Waals surface area contributed by atoms with Crippen molar-refractivity contribution in [1.82, 2.24) is 5.32 Å². The van der Waals surface area contributed by atoms with Crippen LogP contribution in [0.3, 0.4) is 0 Å². The largest absolute Gasteiger partial charge is 0.393 e. The van der Waals surface area contributed by atoms with Gasteiger partial charge in [-0.3, -0.25) is 4.79 Å². The highest BCUT2D eigenvalue weighted by Gasteiger charge is 2.69. The van der Waals surface area contributed by atoms with Gasteiger partial charge in [-0.2, -0.15) is 0 Å². The number of nitrogens with one attached hydrogen (secondary N) is 1. The van der Waals surface area contributed by atoms with Crippen LogP contribution in [-0.2, 0) is 4.79 Å². The Hall–Kier alpha value is -0.870. The Morgan fingerprint density at radius 1 is 0.818 bits per heavy atom. The standard InChI is InChI=1S/C40H70N2O2/c1-35(2)22-24-40(34(44)42-27-15-13-11-9-8-10-12-14-26-41)25-23-38(6)29(30(40)28-35)16-17-32-37(5)20-19-33(43)36(3,4)31(37)18-21-39(32,38)7/h16,30-33,43H,8-15,17-28,41H2,1-7H3,(H,42,44)/t30-,31-,32+,33-,37-,38+,39+,40-/m0/s1. The Morgan fingerprint density at radius 2 is 1.45 bits per heavy atom. The van der Waals surface area contributed by atoms with Gasteiger partial charge in [-0.25, -0.2) is 0 Å². The first-order valence-electron chi connectivity index (χ1n) is 19.0. The molecule has 4 heteroatoms. The zero-order valence-corrected chi connectivity index (χ0v) is 30.0. The number of aliphatic hydroxyl groups excluding tert-OH is 1. The van der Waals surface area contributed by atoms with E-state index in [2.05, 4.69) is 59.9 Å². The third-order valence-electron chi connectivity index (χ3n) is 15.5. The number of nitrogens with two attached hydrogens (primary N) is 1. The van der Waals surface area contributed by atoms with Crippen LogP contribution in [0.25, 0.3) is 0 Å². The summed E-state index contributed by atoms with van der Waals surface area (Å²) in [6, 6.07) is 0. The van der Waals surface area contributed by atoms with E-state index in [0.29, 0.717) is 23.7 Å². The summed E-state index contributed by atoms with van der Waals surface area (Å²) in [4.78, 5) is 14.3. The van der Waals surface area contributed by atoms with E-state index in [0.717, 1.165) is 77.3 Å². The summed E-state index contributed by atoms with van der Waals surface area (Å²) in [6.45, 7) is 19.1. The molecule has 4 N–H and O–H groups in total. The summed E-state index contributed by atoms with van der Waals surface area (Å²) in [5.41, 5.74) is 7.98. The van der Waals surface area contributed by atoms with E-state index in [-0.39, 0.29) is 38.6 Å². The van der Waals surface area contributed by atoms with Crippen molar-refractivity contribution >= 4 is 5.91 Å². The van der Waals surface area contributed by atoms with Gasteiger partial charge >= 0.3 is 0 Å². The minimum atomic E-state index is -0.231. The van der Waals surface area contributed by atoms with Gasteiger partial charge < -0.3 is 16.2 Å². The molecule has 0 unspecified atom stereocenters. The van der Waals surface area contributed by atoms with Gasteiger partial charge in [0.25, 0.3) is 0 Å². The van der Waals surface area contributed by atoms with Crippen molar-refractivity contribution in [1.29, 1.82) is 0 Å². The van der Waals surface area contributed by atoms with Crippen LogP contribution in [0, 0.1) is 50.2 Å². The van der Waals surface area contributed by atoms with Crippen molar-refractivity contribution in [3.63, 3.8) is 0 Å². The molecule has 5 aliphatic rings. The van der Waals surface area contributed by atoms with Crippen LogP contribution in [-0.4, -0.2) is 30.2 Å². The van der Waals surface area contributed by atoms with Crippen molar-refractivity contribution in [3.8, 4) is 0 Å². The average molecular weight is 611 g/mol. The van der Waals surface area contributed by atoms with E-state index in [4.69, 9.17) is 5.73 Å². The van der Waals surface area contributed by atoms with Crippen LogP contribution in [0.5, 0.6) is 0 Å². The molecule has 0 aromatic carbocycles. The summed E-state index contributed by atoms with van der Waals surface area (Å²) in [5.74, 6) is 1.96. The van der Waals surface area contributed by atoms with Crippen molar-refractivity contribution in [3.05, 3.63) is 11.6 Å². The van der Waals surface area contributed by atoms with Gasteiger partial charge in [0.1, 0.15) is 0 Å². The number of hydrogen-bond donors (Lipinski definition) is 3. The molecule has 0 heterocycles. The van der Waals surface area contributed by atoms with Crippen LogP contribution in [0.15, 0.2) is 11.6 Å². The lowest BCUT2D eigenvalue weighted by molar-refractivity contribution is -0.203. The number of hydrogen-bond acceptors (Lipinski definition) is 3. The van der Waals surface area contributed by atoms with Gasteiger partial charge in [0.2, 0.25) is 5.91 Å². The summed E-state index contributed by atoms with van der Waals surface area (Å²) in [5, 5.41) is 14.6. The Bertz CT molecular complexity index is 1060. The van der Waals surface area contributed by atoms with Crippen LogP contribution in [0.4, 0.5) is 0 Å². The fourth-order valence-electron chi connectivity index (χ4n) is 12.3. The topological polar surface area (TPSA) is 75.4 Å². The molecular weight excluding hydrogens is 540 g/mol. The third-order valence-corrected chi connectivity index (χ3v) is 15.5. The molecule has 5 rings (SSSR count). The van der Waals surface area contributed by atoms with Crippen LogP contribution >= 0.6 is 0 Å². The van der Waals surface area contributed by atoms with Crippen LogP contribution in [0.2, 0.25) is 0 Å². The highest BCUT2D eigenvalue weighted by Crippen LogP contribution is 2.75. The molecule has 0 aromatic rings. The fraction of sp³-hybridized carbons (Fsp3) is 0.925. The Labute approximate surface area is 271 Å². The number of amides is 1. The molecule has 0 spiro atoms. The van der Waals surface area contributed by atoms with Gasteiger partial charge in [0, 0.05) is 6.54 Å². The number of aliphatic hydroxyl groups is 1. The molecule has 5 aliphatic carbocycles. The first-order valence-corrected chi connectivity index (χ1v) is 19.0. The number of carbonyl (C=O) groups excluding carboxylic acids is 1. The van der Waals surface area contributed by atoms with E-state index in [1.165, 1.54) is 51.4 Å². The lowest BCUT2D eigenvalue weighted by Crippen LogP contribution is -2.65. The second kappa shape index (κ2) is 12.6. The molecule has 1 amide bonds. The maximum absolute atomic E-state index is 14.3.